The first kappa shape index (κ1) is 16.0. The fraction of sp³-hybridized carbons (Fsp3) is 0.455. The molecule has 0 aromatic heterocycles. The SMILES string of the molecule is Cl.NCCCC[C@@H](N)c1cccc(Cl)c1Cl. The summed E-state index contributed by atoms with van der Waals surface area (Å²) in [5.74, 6) is 0. The van der Waals surface area contributed by atoms with E-state index in [1.807, 2.05) is 12.1 Å². The Bertz CT molecular complexity index is 318. The maximum Gasteiger partial charge on any atom is 0.0639 e. The zero-order valence-corrected chi connectivity index (χ0v) is 11.3. The summed E-state index contributed by atoms with van der Waals surface area (Å²) in [4.78, 5) is 0. The number of hydrogen-bond donors (Lipinski definition) is 2. The van der Waals surface area contributed by atoms with Gasteiger partial charge in [0.15, 0.2) is 0 Å². The van der Waals surface area contributed by atoms with Crippen molar-refractivity contribution in [1.29, 1.82) is 0 Å². The third-order valence-corrected chi connectivity index (χ3v) is 3.18. The van der Waals surface area contributed by atoms with Gasteiger partial charge in [-0.2, -0.15) is 0 Å². The van der Waals surface area contributed by atoms with E-state index in [0.29, 0.717) is 16.6 Å². The van der Waals surface area contributed by atoms with Crippen LogP contribution in [0.1, 0.15) is 30.9 Å². The van der Waals surface area contributed by atoms with Crippen molar-refractivity contribution in [2.24, 2.45) is 11.5 Å². The molecule has 0 saturated carbocycles. The fourth-order valence-corrected chi connectivity index (χ4v) is 1.92. The number of halogens is 3. The topological polar surface area (TPSA) is 52.0 Å². The van der Waals surface area contributed by atoms with Crippen LogP contribution in [0.3, 0.4) is 0 Å². The third kappa shape index (κ3) is 4.48. The van der Waals surface area contributed by atoms with Gasteiger partial charge in [-0.15, -0.1) is 12.4 Å². The maximum absolute atomic E-state index is 6.06. The van der Waals surface area contributed by atoms with Gasteiger partial charge in [0, 0.05) is 6.04 Å². The van der Waals surface area contributed by atoms with E-state index in [9.17, 15) is 0 Å². The maximum atomic E-state index is 6.06. The molecule has 2 nitrogen and oxygen atoms in total. The average molecular weight is 284 g/mol. The van der Waals surface area contributed by atoms with Crippen LogP contribution in [-0.4, -0.2) is 6.54 Å². The second-order valence-corrected chi connectivity index (χ2v) is 4.32. The molecule has 1 aromatic rings. The Hall–Kier alpha value is 0.01000. The summed E-state index contributed by atoms with van der Waals surface area (Å²) in [6.07, 6.45) is 2.89. The Morgan fingerprint density at radius 3 is 2.50 bits per heavy atom. The van der Waals surface area contributed by atoms with E-state index in [-0.39, 0.29) is 18.4 Å². The minimum absolute atomic E-state index is 0. The lowest BCUT2D eigenvalue weighted by atomic mass is 10.0. The van der Waals surface area contributed by atoms with E-state index in [0.717, 1.165) is 24.8 Å². The molecular formula is C11H17Cl3N2. The summed E-state index contributed by atoms with van der Waals surface area (Å²) in [7, 11) is 0. The van der Waals surface area contributed by atoms with Gasteiger partial charge in [0.25, 0.3) is 0 Å². The first-order valence-corrected chi connectivity index (χ1v) is 5.82. The third-order valence-electron chi connectivity index (χ3n) is 2.35. The van der Waals surface area contributed by atoms with Gasteiger partial charge in [0.05, 0.1) is 10.0 Å². The normalized spacial score (nSPS) is 12.0. The van der Waals surface area contributed by atoms with Crippen LogP contribution in [0.4, 0.5) is 0 Å². The number of hydrogen-bond acceptors (Lipinski definition) is 2. The number of rotatable bonds is 5. The van der Waals surface area contributed by atoms with Crippen molar-refractivity contribution in [3.05, 3.63) is 33.8 Å². The lowest BCUT2D eigenvalue weighted by Crippen LogP contribution is -2.11. The van der Waals surface area contributed by atoms with Crippen LogP contribution in [0, 0.1) is 0 Å². The highest BCUT2D eigenvalue weighted by molar-refractivity contribution is 6.42. The Labute approximate surface area is 113 Å². The highest BCUT2D eigenvalue weighted by atomic mass is 35.5. The van der Waals surface area contributed by atoms with Crippen LogP contribution in [-0.2, 0) is 0 Å². The first-order valence-electron chi connectivity index (χ1n) is 5.06. The molecule has 0 fully saturated rings. The van der Waals surface area contributed by atoms with Crippen molar-refractivity contribution < 1.29 is 0 Å². The van der Waals surface area contributed by atoms with Crippen molar-refractivity contribution in [2.45, 2.75) is 25.3 Å². The molecule has 0 aliphatic rings. The summed E-state index contributed by atoms with van der Waals surface area (Å²) < 4.78 is 0. The molecule has 0 amide bonds. The number of nitrogens with two attached hydrogens (primary N) is 2. The molecule has 1 atom stereocenters. The Kier molecular flexibility index (Phi) is 8.16. The number of benzene rings is 1. The van der Waals surface area contributed by atoms with Crippen LogP contribution in [0.5, 0.6) is 0 Å². The monoisotopic (exact) mass is 282 g/mol. The lowest BCUT2D eigenvalue weighted by Gasteiger charge is -2.13. The summed E-state index contributed by atoms with van der Waals surface area (Å²) in [5, 5.41) is 1.13. The van der Waals surface area contributed by atoms with Gasteiger partial charge in [0.2, 0.25) is 0 Å². The zero-order chi connectivity index (χ0) is 11.3. The molecule has 0 bridgehead atoms. The van der Waals surface area contributed by atoms with E-state index >= 15 is 0 Å². The van der Waals surface area contributed by atoms with Crippen LogP contribution in [0.15, 0.2) is 18.2 Å². The minimum atomic E-state index is -0.0530. The molecule has 0 saturated heterocycles. The molecule has 92 valence electrons. The van der Waals surface area contributed by atoms with Crippen molar-refractivity contribution in [3.63, 3.8) is 0 Å². The van der Waals surface area contributed by atoms with Gasteiger partial charge in [-0.25, -0.2) is 0 Å². The molecule has 5 heteroatoms. The van der Waals surface area contributed by atoms with E-state index in [4.69, 9.17) is 34.7 Å². The van der Waals surface area contributed by atoms with Crippen molar-refractivity contribution in [2.75, 3.05) is 6.54 Å². The van der Waals surface area contributed by atoms with Gasteiger partial charge in [-0.3, -0.25) is 0 Å². The summed E-state index contributed by atoms with van der Waals surface area (Å²) in [5.41, 5.74) is 12.4. The molecule has 0 unspecified atom stereocenters. The predicted octanol–water partition coefficient (Wildman–Crippen LogP) is 3.54. The molecule has 0 spiro atoms. The van der Waals surface area contributed by atoms with E-state index < -0.39 is 0 Å². The largest absolute Gasteiger partial charge is 0.330 e. The highest BCUT2D eigenvalue weighted by Crippen LogP contribution is 2.30. The van der Waals surface area contributed by atoms with Crippen LogP contribution in [0.2, 0.25) is 10.0 Å². The Morgan fingerprint density at radius 1 is 1.19 bits per heavy atom. The van der Waals surface area contributed by atoms with Gasteiger partial charge >= 0.3 is 0 Å². The first-order chi connectivity index (χ1) is 7.16. The summed E-state index contributed by atoms with van der Waals surface area (Å²) in [6, 6.07) is 5.50. The summed E-state index contributed by atoms with van der Waals surface area (Å²) in [6.45, 7) is 0.704. The predicted molar refractivity (Wildman–Crippen MR) is 73.5 cm³/mol. The standard InChI is InChI=1S/C11H16Cl2N2.ClH/c12-9-5-3-4-8(11(9)13)10(15)6-1-2-7-14;/h3-5,10H,1-2,6-7,14-15H2;1H/t10-;/m1./s1. The van der Waals surface area contributed by atoms with E-state index in [2.05, 4.69) is 0 Å². The average Bonchev–Trinajstić information content (AvgIpc) is 2.22. The molecule has 1 rings (SSSR count). The molecule has 4 N–H and O–H groups in total. The van der Waals surface area contributed by atoms with Crippen molar-refractivity contribution in [1.82, 2.24) is 0 Å². The molecule has 0 aliphatic carbocycles. The number of unbranched alkanes of at least 4 members (excludes halogenated alkanes) is 1. The van der Waals surface area contributed by atoms with Crippen LogP contribution in [0.25, 0.3) is 0 Å². The minimum Gasteiger partial charge on any atom is -0.330 e. The van der Waals surface area contributed by atoms with Gasteiger partial charge in [0.1, 0.15) is 0 Å². The van der Waals surface area contributed by atoms with E-state index in [1.165, 1.54) is 0 Å². The molecule has 0 heterocycles. The molecule has 1 aromatic carbocycles. The van der Waals surface area contributed by atoms with Gasteiger partial charge in [-0.1, -0.05) is 41.8 Å². The quantitative estimate of drug-likeness (QED) is 0.812. The van der Waals surface area contributed by atoms with Crippen LogP contribution >= 0.6 is 35.6 Å². The molecule has 0 aliphatic heterocycles. The second kappa shape index (κ2) is 8.15. The second-order valence-electron chi connectivity index (χ2n) is 3.53. The van der Waals surface area contributed by atoms with Crippen molar-refractivity contribution >= 4 is 35.6 Å². The smallest absolute Gasteiger partial charge is 0.0639 e. The Morgan fingerprint density at radius 2 is 1.88 bits per heavy atom. The lowest BCUT2D eigenvalue weighted by molar-refractivity contribution is 0.591. The highest BCUT2D eigenvalue weighted by Gasteiger charge is 2.11. The van der Waals surface area contributed by atoms with Gasteiger partial charge < -0.3 is 11.5 Å². The van der Waals surface area contributed by atoms with Crippen molar-refractivity contribution in [3.8, 4) is 0 Å². The molecular weight excluding hydrogens is 266 g/mol. The fourth-order valence-electron chi connectivity index (χ4n) is 1.47. The van der Waals surface area contributed by atoms with Crippen LogP contribution < -0.4 is 11.5 Å². The Balaban J connectivity index is 0.00000225. The molecule has 16 heavy (non-hydrogen) atoms. The molecule has 0 radical (unpaired) electrons. The van der Waals surface area contributed by atoms with E-state index in [1.54, 1.807) is 6.07 Å². The zero-order valence-electron chi connectivity index (χ0n) is 8.96. The summed E-state index contributed by atoms with van der Waals surface area (Å²) >= 11 is 12.0. The van der Waals surface area contributed by atoms with Gasteiger partial charge in [-0.05, 0) is 31.0 Å².